The Morgan fingerprint density at radius 2 is 2.11 bits per heavy atom. The molecular weight excluding hydrogens is 323 g/mol. The van der Waals surface area contributed by atoms with Gasteiger partial charge in [0.1, 0.15) is 5.82 Å². The molecule has 19 heavy (non-hydrogen) atoms. The fraction of sp³-hybridized carbons (Fsp3) is 0.273. The molecule has 104 valence electrons. The highest BCUT2D eigenvalue weighted by molar-refractivity contribution is 9.10. The molecule has 8 heteroatoms. The maximum Gasteiger partial charge on any atom is 0.328 e. The van der Waals surface area contributed by atoms with Crippen molar-refractivity contribution in [3.63, 3.8) is 0 Å². The first-order valence-corrected chi connectivity index (χ1v) is 6.01. The molecule has 1 atom stereocenters. The van der Waals surface area contributed by atoms with Gasteiger partial charge in [0.2, 0.25) is 0 Å². The minimum Gasteiger partial charge on any atom is -0.480 e. The van der Waals surface area contributed by atoms with Crippen LogP contribution in [0, 0.1) is 12.7 Å². The number of benzene rings is 1. The van der Waals surface area contributed by atoms with E-state index >= 15 is 0 Å². The Balaban J connectivity index is 2.77. The van der Waals surface area contributed by atoms with Crippen LogP contribution < -0.4 is 10.6 Å². The topological polar surface area (TPSA) is 98.7 Å². The number of nitrogens with one attached hydrogen (secondary N) is 2. The van der Waals surface area contributed by atoms with Crippen LogP contribution in [0.15, 0.2) is 16.6 Å². The van der Waals surface area contributed by atoms with Gasteiger partial charge in [0.15, 0.2) is 6.04 Å². The van der Waals surface area contributed by atoms with Crippen LogP contribution in [0.4, 0.5) is 14.9 Å². The Labute approximate surface area is 116 Å². The minimum absolute atomic E-state index is 0.209. The Kier molecular flexibility index (Phi) is 5.25. The summed E-state index contributed by atoms with van der Waals surface area (Å²) >= 11 is 3.00. The molecule has 2 amide bonds. The summed E-state index contributed by atoms with van der Waals surface area (Å²) in [5, 5.41) is 21.8. The van der Waals surface area contributed by atoms with Gasteiger partial charge >= 0.3 is 12.0 Å². The zero-order valence-electron chi connectivity index (χ0n) is 9.91. The van der Waals surface area contributed by atoms with Gasteiger partial charge in [-0.2, -0.15) is 0 Å². The van der Waals surface area contributed by atoms with Crippen molar-refractivity contribution >= 4 is 33.6 Å². The quantitative estimate of drug-likeness (QED) is 0.670. The lowest BCUT2D eigenvalue weighted by molar-refractivity contribution is -0.140. The summed E-state index contributed by atoms with van der Waals surface area (Å²) < 4.78 is 13.6. The number of rotatable bonds is 4. The summed E-state index contributed by atoms with van der Waals surface area (Å²) in [6.45, 7) is 0.914. The lowest BCUT2D eigenvalue weighted by Crippen LogP contribution is -2.45. The molecule has 1 unspecified atom stereocenters. The van der Waals surface area contributed by atoms with E-state index in [0.29, 0.717) is 5.56 Å². The van der Waals surface area contributed by atoms with Crippen LogP contribution in [0.2, 0.25) is 0 Å². The standard InChI is InChI=1S/C11H12BrFN2O4/c1-5-2-6(12)7(13)3-8(5)14-11(19)15-9(4-16)10(17)18/h2-3,9,16H,4H2,1H3,(H,17,18)(H2,14,15,19). The maximum atomic E-state index is 13.3. The molecule has 1 aromatic carbocycles. The number of aryl methyl sites for hydroxylation is 1. The second kappa shape index (κ2) is 6.48. The van der Waals surface area contributed by atoms with Gasteiger partial charge in [0.25, 0.3) is 0 Å². The summed E-state index contributed by atoms with van der Waals surface area (Å²) in [6.07, 6.45) is 0. The van der Waals surface area contributed by atoms with Gasteiger partial charge in [0, 0.05) is 5.69 Å². The van der Waals surface area contributed by atoms with Crippen molar-refractivity contribution in [3.05, 3.63) is 28.0 Å². The number of carboxylic acids is 1. The Hall–Kier alpha value is -1.67. The van der Waals surface area contributed by atoms with Crippen LogP contribution in [-0.4, -0.2) is 34.9 Å². The predicted molar refractivity (Wildman–Crippen MR) is 69.5 cm³/mol. The summed E-state index contributed by atoms with van der Waals surface area (Å²) in [4.78, 5) is 22.1. The number of hydrogen-bond donors (Lipinski definition) is 4. The molecule has 0 saturated heterocycles. The van der Waals surface area contributed by atoms with Crippen molar-refractivity contribution in [3.8, 4) is 0 Å². The lowest BCUT2D eigenvalue weighted by atomic mass is 10.2. The number of carbonyl (C=O) groups is 2. The Morgan fingerprint density at radius 1 is 1.47 bits per heavy atom. The van der Waals surface area contributed by atoms with Gasteiger partial charge in [-0.05, 0) is 40.5 Å². The first-order chi connectivity index (χ1) is 8.85. The number of urea groups is 1. The van der Waals surface area contributed by atoms with E-state index in [1.807, 2.05) is 5.32 Å². The van der Waals surface area contributed by atoms with Crippen molar-refractivity contribution < 1.29 is 24.2 Å². The molecule has 0 heterocycles. The molecule has 1 rings (SSSR count). The molecule has 0 aliphatic rings. The Bertz CT molecular complexity index is 510. The van der Waals surface area contributed by atoms with Crippen LogP contribution >= 0.6 is 15.9 Å². The van der Waals surface area contributed by atoms with Gasteiger partial charge in [-0.3, -0.25) is 0 Å². The van der Waals surface area contributed by atoms with Crippen molar-refractivity contribution in [2.45, 2.75) is 13.0 Å². The van der Waals surface area contributed by atoms with Crippen LogP contribution in [0.3, 0.4) is 0 Å². The molecule has 0 radical (unpaired) electrons. The number of aliphatic hydroxyl groups is 1. The second-order valence-corrected chi connectivity index (χ2v) is 4.61. The third-order valence-corrected chi connectivity index (χ3v) is 2.91. The molecule has 6 nitrogen and oxygen atoms in total. The normalized spacial score (nSPS) is 11.8. The molecule has 0 spiro atoms. The van der Waals surface area contributed by atoms with E-state index in [-0.39, 0.29) is 10.2 Å². The monoisotopic (exact) mass is 334 g/mol. The highest BCUT2D eigenvalue weighted by Crippen LogP contribution is 2.23. The van der Waals surface area contributed by atoms with E-state index in [4.69, 9.17) is 10.2 Å². The van der Waals surface area contributed by atoms with E-state index in [1.54, 1.807) is 6.92 Å². The van der Waals surface area contributed by atoms with E-state index in [1.165, 1.54) is 6.07 Å². The molecule has 0 fully saturated rings. The number of carboxylic acid groups (broad SMARTS) is 1. The second-order valence-electron chi connectivity index (χ2n) is 3.75. The first kappa shape index (κ1) is 15.4. The minimum atomic E-state index is -1.42. The molecule has 4 N–H and O–H groups in total. The zero-order valence-corrected chi connectivity index (χ0v) is 11.5. The molecule has 0 bridgehead atoms. The predicted octanol–water partition coefficient (Wildman–Crippen LogP) is 1.46. The van der Waals surface area contributed by atoms with Gasteiger partial charge in [0.05, 0.1) is 11.1 Å². The van der Waals surface area contributed by atoms with Crippen molar-refractivity contribution in [1.82, 2.24) is 5.32 Å². The highest BCUT2D eigenvalue weighted by Gasteiger charge is 2.19. The SMILES string of the molecule is Cc1cc(Br)c(F)cc1NC(=O)NC(CO)C(=O)O. The smallest absolute Gasteiger partial charge is 0.328 e. The maximum absolute atomic E-state index is 13.3. The summed E-state index contributed by atoms with van der Waals surface area (Å²) in [6, 6.07) is 0.325. The average Bonchev–Trinajstić information content (AvgIpc) is 2.32. The molecule has 0 saturated carbocycles. The number of anilines is 1. The van der Waals surface area contributed by atoms with Crippen LogP contribution in [0.5, 0.6) is 0 Å². The largest absolute Gasteiger partial charge is 0.480 e. The summed E-state index contributed by atoms with van der Waals surface area (Å²) in [7, 11) is 0. The average molecular weight is 335 g/mol. The van der Waals surface area contributed by atoms with E-state index in [9.17, 15) is 14.0 Å². The molecule has 0 aliphatic heterocycles. The van der Waals surface area contributed by atoms with Crippen LogP contribution in [0.1, 0.15) is 5.56 Å². The molecular formula is C11H12BrFN2O4. The van der Waals surface area contributed by atoms with E-state index in [0.717, 1.165) is 6.07 Å². The number of aliphatic carboxylic acids is 1. The van der Waals surface area contributed by atoms with Crippen molar-refractivity contribution in [2.75, 3.05) is 11.9 Å². The van der Waals surface area contributed by atoms with Crippen molar-refractivity contribution in [1.29, 1.82) is 0 Å². The third-order valence-electron chi connectivity index (χ3n) is 2.30. The molecule has 0 aromatic heterocycles. The van der Waals surface area contributed by atoms with Gasteiger partial charge in [-0.1, -0.05) is 0 Å². The number of halogens is 2. The van der Waals surface area contributed by atoms with E-state index < -0.39 is 30.5 Å². The number of amides is 2. The van der Waals surface area contributed by atoms with E-state index in [2.05, 4.69) is 21.2 Å². The number of aliphatic hydroxyl groups excluding tert-OH is 1. The van der Waals surface area contributed by atoms with Gasteiger partial charge in [-0.25, -0.2) is 14.0 Å². The fourth-order valence-electron chi connectivity index (χ4n) is 1.28. The first-order valence-electron chi connectivity index (χ1n) is 5.22. The van der Waals surface area contributed by atoms with Crippen molar-refractivity contribution in [2.24, 2.45) is 0 Å². The van der Waals surface area contributed by atoms with Gasteiger partial charge in [-0.15, -0.1) is 0 Å². The number of carbonyl (C=O) groups excluding carboxylic acids is 1. The third kappa shape index (κ3) is 4.18. The highest BCUT2D eigenvalue weighted by atomic mass is 79.9. The molecule has 1 aromatic rings. The zero-order chi connectivity index (χ0) is 14.6. The lowest BCUT2D eigenvalue weighted by Gasteiger charge is -2.14. The summed E-state index contributed by atoms with van der Waals surface area (Å²) in [5.41, 5.74) is 0.805. The van der Waals surface area contributed by atoms with Crippen LogP contribution in [0.25, 0.3) is 0 Å². The summed E-state index contributed by atoms with van der Waals surface area (Å²) in [5.74, 6) is -1.92. The van der Waals surface area contributed by atoms with Crippen LogP contribution in [-0.2, 0) is 4.79 Å². The fourth-order valence-corrected chi connectivity index (χ4v) is 1.74. The number of hydrogen-bond acceptors (Lipinski definition) is 3. The van der Waals surface area contributed by atoms with Gasteiger partial charge < -0.3 is 20.8 Å². The Morgan fingerprint density at radius 3 is 2.63 bits per heavy atom. The molecule has 0 aliphatic carbocycles.